The average Bonchev–Trinajstić information content (AvgIpc) is 2.56. The van der Waals surface area contributed by atoms with Crippen LogP contribution in [0.25, 0.3) is 0 Å². The number of amides is 1. The minimum absolute atomic E-state index is 0.0953. The first-order valence-corrected chi connectivity index (χ1v) is 8.37. The van der Waals surface area contributed by atoms with Gasteiger partial charge >= 0.3 is 0 Å². The van der Waals surface area contributed by atoms with Gasteiger partial charge in [-0.15, -0.1) is 0 Å². The zero-order valence-corrected chi connectivity index (χ0v) is 15.4. The van der Waals surface area contributed by atoms with Gasteiger partial charge in [0.2, 0.25) is 0 Å². The van der Waals surface area contributed by atoms with Gasteiger partial charge in [0.1, 0.15) is 12.3 Å². The Labute approximate surface area is 152 Å². The molecule has 0 aromatic heterocycles. The Hall–Kier alpha value is -1.75. The van der Waals surface area contributed by atoms with Crippen molar-refractivity contribution >= 4 is 34.8 Å². The lowest BCUT2D eigenvalue weighted by atomic mass is 10.2. The van der Waals surface area contributed by atoms with E-state index < -0.39 is 0 Å². The van der Waals surface area contributed by atoms with Crippen molar-refractivity contribution in [1.29, 1.82) is 0 Å². The van der Waals surface area contributed by atoms with E-state index in [0.29, 0.717) is 21.5 Å². The summed E-state index contributed by atoms with van der Waals surface area (Å²) in [7, 11) is 3.54. The predicted octanol–water partition coefficient (Wildman–Crippen LogP) is 3.04. The van der Waals surface area contributed by atoms with Gasteiger partial charge in [0.15, 0.2) is 6.04 Å². The molecule has 24 heavy (non-hydrogen) atoms. The molecular formula is C18H21Cl2N2O2+. The van der Waals surface area contributed by atoms with Crippen molar-refractivity contribution in [2.24, 2.45) is 0 Å². The van der Waals surface area contributed by atoms with Crippen LogP contribution < -0.4 is 15.0 Å². The van der Waals surface area contributed by atoms with Crippen molar-refractivity contribution in [3.05, 3.63) is 58.1 Å². The van der Waals surface area contributed by atoms with Gasteiger partial charge in [-0.2, -0.15) is 0 Å². The maximum absolute atomic E-state index is 12.5. The zero-order valence-electron chi connectivity index (χ0n) is 13.9. The molecule has 6 heteroatoms. The van der Waals surface area contributed by atoms with Crippen molar-refractivity contribution < 1.29 is 14.4 Å². The first-order valence-electron chi connectivity index (χ1n) is 7.62. The molecule has 0 spiro atoms. The van der Waals surface area contributed by atoms with E-state index >= 15 is 0 Å². The summed E-state index contributed by atoms with van der Waals surface area (Å²) in [6.07, 6.45) is 0. The van der Waals surface area contributed by atoms with E-state index in [1.165, 1.54) is 0 Å². The fourth-order valence-electron chi connectivity index (χ4n) is 2.32. The van der Waals surface area contributed by atoms with Gasteiger partial charge in [0, 0.05) is 15.6 Å². The van der Waals surface area contributed by atoms with Crippen molar-refractivity contribution in [2.45, 2.75) is 19.5 Å². The van der Waals surface area contributed by atoms with Gasteiger partial charge in [-0.25, -0.2) is 0 Å². The highest BCUT2D eigenvalue weighted by Gasteiger charge is 2.23. The molecule has 0 saturated carbocycles. The molecule has 0 bridgehead atoms. The largest absolute Gasteiger partial charge is 0.495 e. The van der Waals surface area contributed by atoms with E-state index in [0.717, 1.165) is 17.0 Å². The summed E-state index contributed by atoms with van der Waals surface area (Å²) in [4.78, 5) is 13.6. The fourth-order valence-corrected chi connectivity index (χ4v) is 2.62. The van der Waals surface area contributed by atoms with Crippen LogP contribution in [0, 0.1) is 0 Å². The molecule has 0 fully saturated rings. The molecule has 0 aliphatic carbocycles. The molecule has 1 amide bonds. The summed E-state index contributed by atoms with van der Waals surface area (Å²) >= 11 is 11.9. The third-order valence-corrected chi connectivity index (χ3v) is 4.44. The summed E-state index contributed by atoms with van der Waals surface area (Å²) in [5.74, 6) is 0.484. The molecule has 0 aliphatic rings. The van der Waals surface area contributed by atoms with E-state index in [9.17, 15) is 4.79 Å². The lowest BCUT2D eigenvalue weighted by Gasteiger charge is -2.21. The van der Waals surface area contributed by atoms with E-state index in [1.54, 1.807) is 25.3 Å². The molecule has 128 valence electrons. The maximum atomic E-state index is 12.5. The summed E-state index contributed by atoms with van der Waals surface area (Å²) < 4.78 is 5.26. The molecule has 2 rings (SSSR count). The standard InChI is InChI=1S/C18H20Cl2N2O2/c1-12(22(2)11-13-4-6-14(19)7-5-13)18(23)21-16-10-15(20)8-9-17(16)24-3/h4-10,12H,11H2,1-3H3,(H,21,23)/p+1/t12-/m1/s1. The highest BCUT2D eigenvalue weighted by atomic mass is 35.5. The Morgan fingerprint density at radius 2 is 1.79 bits per heavy atom. The Morgan fingerprint density at radius 3 is 2.42 bits per heavy atom. The van der Waals surface area contributed by atoms with Gasteiger partial charge in [0.25, 0.3) is 5.91 Å². The van der Waals surface area contributed by atoms with Crippen molar-refractivity contribution in [1.82, 2.24) is 0 Å². The predicted molar refractivity (Wildman–Crippen MR) is 98.1 cm³/mol. The number of quaternary nitrogens is 1. The number of nitrogens with one attached hydrogen (secondary N) is 2. The molecule has 2 aromatic rings. The minimum atomic E-state index is -0.246. The third kappa shape index (κ3) is 4.87. The van der Waals surface area contributed by atoms with E-state index in [-0.39, 0.29) is 11.9 Å². The highest BCUT2D eigenvalue weighted by molar-refractivity contribution is 6.31. The molecule has 0 radical (unpaired) electrons. The number of methoxy groups -OCH3 is 1. The van der Waals surface area contributed by atoms with E-state index in [2.05, 4.69) is 5.32 Å². The van der Waals surface area contributed by atoms with Crippen LogP contribution in [0.5, 0.6) is 5.75 Å². The summed E-state index contributed by atoms with van der Waals surface area (Å²) in [5.41, 5.74) is 1.69. The topological polar surface area (TPSA) is 42.8 Å². The summed E-state index contributed by atoms with van der Waals surface area (Å²) in [6.45, 7) is 2.61. The lowest BCUT2D eigenvalue weighted by molar-refractivity contribution is -0.907. The number of halogens is 2. The molecule has 2 aromatic carbocycles. The average molecular weight is 368 g/mol. The van der Waals surface area contributed by atoms with Crippen LogP contribution in [0.2, 0.25) is 10.0 Å². The number of rotatable bonds is 6. The second kappa shape index (κ2) is 8.38. The van der Waals surface area contributed by atoms with Gasteiger partial charge < -0.3 is 15.0 Å². The SMILES string of the molecule is COc1ccc(Cl)cc1NC(=O)[C@@H](C)[NH+](C)Cc1ccc(Cl)cc1. The number of hydrogen-bond donors (Lipinski definition) is 2. The second-order valence-corrected chi connectivity index (χ2v) is 6.58. The van der Waals surface area contributed by atoms with Crippen molar-refractivity contribution in [2.75, 3.05) is 19.5 Å². The van der Waals surface area contributed by atoms with Gasteiger partial charge in [0.05, 0.1) is 19.8 Å². The number of carbonyl (C=O) groups is 1. The zero-order chi connectivity index (χ0) is 17.7. The second-order valence-electron chi connectivity index (χ2n) is 5.71. The number of carbonyl (C=O) groups excluding carboxylic acids is 1. The quantitative estimate of drug-likeness (QED) is 0.823. The Kier molecular flexibility index (Phi) is 6.49. The summed E-state index contributed by atoms with van der Waals surface area (Å²) in [5, 5.41) is 4.13. The van der Waals surface area contributed by atoms with Crippen LogP contribution in [0.4, 0.5) is 5.69 Å². The van der Waals surface area contributed by atoms with E-state index in [4.69, 9.17) is 27.9 Å². The highest BCUT2D eigenvalue weighted by Crippen LogP contribution is 2.27. The smallest absolute Gasteiger partial charge is 0.282 e. The Morgan fingerprint density at radius 1 is 1.17 bits per heavy atom. The lowest BCUT2D eigenvalue weighted by Crippen LogP contribution is -3.12. The van der Waals surface area contributed by atoms with Gasteiger partial charge in [-0.3, -0.25) is 4.79 Å². The molecule has 0 saturated heterocycles. The monoisotopic (exact) mass is 367 g/mol. The van der Waals surface area contributed by atoms with Gasteiger partial charge in [-0.05, 0) is 37.3 Å². The first-order chi connectivity index (χ1) is 11.4. The molecule has 2 atom stereocenters. The number of anilines is 1. The van der Waals surface area contributed by atoms with Crippen molar-refractivity contribution in [3.63, 3.8) is 0 Å². The molecular weight excluding hydrogens is 347 g/mol. The third-order valence-electron chi connectivity index (χ3n) is 3.95. The molecule has 0 aliphatic heterocycles. The van der Waals surface area contributed by atoms with Crippen LogP contribution in [-0.2, 0) is 11.3 Å². The van der Waals surface area contributed by atoms with Crippen LogP contribution in [0.15, 0.2) is 42.5 Å². The van der Waals surface area contributed by atoms with E-state index in [1.807, 2.05) is 38.2 Å². The normalized spacial score (nSPS) is 13.2. The minimum Gasteiger partial charge on any atom is -0.495 e. The van der Waals surface area contributed by atoms with Gasteiger partial charge in [-0.1, -0.05) is 35.3 Å². The Bertz CT molecular complexity index is 705. The number of benzene rings is 2. The Balaban J connectivity index is 2.03. The molecule has 4 nitrogen and oxygen atoms in total. The molecule has 1 unspecified atom stereocenters. The number of likely N-dealkylation sites (N-methyl/N-ethyl adjacent to an activating group) is 1. The van der Waals surface area contributed by atoms with Crippen molar-refractivity contribution in [3.8, 4) is 5.75 Å². The molecule has 0 heterocycles. The summed E-state index contributed by atoms with van der Waals surface area (Å²) in [6, 6.07) is 12.5. The van der Waals surface area contributed by atoms with Crippen LogP contribution in [0.1, 0.15) is 12.5 Å². The maximum Gasteiger partial charge on any atom is 0.282 e. The molecule has 2 N–H and O–H groups in total. The first kappa shape index (κ1) is 18.6. The van der Waals surface area contributed by atoms with Crippen LogP contribution in [-0.4, -0.2) is 26.1 Å². The van der Waals surface area contributed by atoms with Crippen LogP contribution in [0.3, 0.4) is 0 Å². The van der Waals surface area contributed by atoms with Crippen LogP contribution >= 0.6 is 23.2 Å². The fraction of sp³-hybridized carbons (Fsp3) is 0.278. The number of ether oxygens (including phenoxy) is 1. The number of hydrogen-bond acceptors (Lipinski definition) is 2.